The Morgan fingerprint density at radius 2 is 1.79 bits per heavy atom. The summed E-state index contributed by atoms with van der Waals surface area (Å²) in [6.45, 7) is 6.86. The van der Waals surface area contributed by atoms with E-state index in [0.29, 0.717) is 29.6 Å². The Hall–Kier alpha value is -1.59. The fraction of sp³-hybridized carbons (Fsp3) is 0.636. The van der Waals surface area contributed by atoms with Crippen molar-refractivity contribution in [3.63, 3.8) is 0 Å². The number of hydrogen-bond acceptors (Lipinski definition) is 3. The first-order chi connectivity index (χ1) is 13.5. The molecule has 2 atom stereocenters. The van der Waals surface area contributed by atoms with Crippen LogP contribution >= 0.6 is 11.6 Å². The van der Waals surface area contributed by atoms with Gasteiger partial charge in [0, 0.05) is 32.2 Å². The summed E-state index contributed by atoms with van der Waals surface area (Å²) >= 11 is 6.20. The molecule has 1 aromatic carbocycles. The molecule has 1 heterocycles. The first-order valence-electron chi connectivity index (χ1n) is 10.6. The van der Waals surface area contributed by atoms with E-state index in [1.54, 1.807) is 12.1 Å². The van der Waals surface area contributed by atoms with E-state index in [-0.39, 0.29) is 23.9 Å². The highest BCUT2D eigenvalue weighted by molar-refractivity contribution is 6.33. The summed E-state index contributed by atoms with van der Waals surface area (Å²) in [4.78, 5) is 30.0. The molecule has 1 N–H and O–H groups in total. The molecule has 1 saturated heterocycles. The number of piperazine rings is 1. The van der Waals surface area contributed by atoms with E-state index in [0.717, 1.165) is 32.4 Å². The van der Waals surface area contributed by atoms with Gasteiger partial charge in [-0.15, -0.1) is 0 Å². The topological polar surface area (TPSA) is 52.7 Å². The van der Waals surface area contributed by atoms with Gasteiger partial charge in [0.1, 0.15) is 0 Å². The number of amides is 2. The monoisotopic (exact) mass is 405 g/mol. The molecular formula is C22H32ClN3O2. The first kappa shape index (κ1) is 21.1. The Morgan fingerprint density at radius 3 is 2.39 bits per heavy atom. The Labute approximate surface area is 173 Å². The zero-order valence-electron chi connectivity index (χ0n) is 17.0. The highest BCUT2D eigenvalue weighted by Crippen LogP contribution is 2.31. The van der Waals surface area contributed by atoms with E-state index < -0.39 is 0 Å². The standard InChI is InChI=1S/C22H32ClN3O2/c1-3-16(2)24-21(27)20(17-8-4-5-9-17)25-12-14-26(15-13-25)22(28)18-10-6-7-11-19(18)23/h6-7,10-11,16-17,20H,3-5,8-9,12-15H2,1-2H3,(H,24,27)/t16-,20-/m1/s1. The normalized spacial score (nSPS) is 20.8. The maximum atomic E-state index is 13.0. The van der Waals surface area contributed by atoms with E-state index in [9.17, 15) is 9.59 Å². The number of hydrogen-bond donors (Lipinski definition) is 1. The summed E-state index contributed by atoms with van der Waals surface area (Å²) < 4.78 is 0. The summed E-state index contributed by atoms with van der Waals surface area (Å²) in [6, 6.07) is 7.32. The van der Waals surface area contributed by atoms with Gasteiger partial charge in [0.25, 0.3) is 5.91 Å². The van der Waals surface area contributed by atoms with Crippen molar-refractivity contribution in [1.29, 1.82) is 0 Å². The molecule has 0 unspecified atom stereocenters. The molecule has 0 spiro atoms. The second-order valence-electron chi connectivity index (χ2n) is 8.12. The van der Waals surface area contributed by atoms with Gasteiger partial charge in [-0.3, -0.25) is 14.5 Å². The number of nitrogens with one attached hydrogen (secondary N) is 1. The molecular weight excluding hydrogens is 374 g/mol. The molecule has 2 aliphatic rings. The number of carbonyl (C=O) groups excluding carboxylic acids is 2. The minimum absolute atomic E-state index is 0.0216. The molecule has 154 valence electrons. The van der Waals surface area contributed by atoms with Crippen LogP contribution in [-0.2, 0) is 4.79 Å². The van der Waals surface area contributed by atoms with Gasteiger partial charge >= 0.3 is 0 Å². The predicted molar refractivity (Wildman–Crippen MR) is 113 cm³/mol. The Kier molecular flexibility index (Phi) is 7.36. The number of benzene rings is 1. The third-order valence-electron chi connectivity index (χ3n) is 6.22. The van der Waals surface area contributed by atoms with E-state index >= 15 is 0 Å². The fourth-order valence-electron chi connectivity index (χ4n) is 4.39. The van der Waals surface area contributed by atoms with Gasteiger partial charge in [-0.2, -0.15) is 0 Å². The van der Waals surface area contributed by atoms with Crippen molar-refractivity contribution >= 4 is 23.4 Å². The second-order valence-corrected chi connectivity index (χ2v) is 8.52. The smallest absolute Gasteiger partial charge is 0.255 e. The lowest BCUT2D eigenvalue weighted by molar-refractivity contribution is -0.129. The summed E-state index contributed by atoms with van der Waals surface area (Å²) in [6.07, 6.45) is 5.60. The number of halogens is 1. The molecule has 1 aliphatic carbocycles. The number of carbonyl (C=O) groups is 2. The van der Waals surface area contributed by atoms with Crippen molar-refractivity contribution in [2.45, 2.75) is 58.0 Å². The zero-order chi connectivity index (χ0) is 20.1. The molecule has 3 rings (SSSR count). The minimum Gasteiger partial charge on any atom is -0.352 e. The third kappa shape index (κ3) is 4.87. The highest BCUT2D eigenvalue weighted by atomic mass is 35.5. The average Bonchev–Trinajstić information content (AvgIpc) is 3.22. The maximum Gasteiger partial charge on any atom is 0.255 e. The fourth-order valence-corrected chi connectivity index (χ4v) is 4.61. The summed E-state index contributed by atoms with van der Waals surface area (Å²) in [7, 11) is 0. The molecule has 28 heavy (non-hydrogen) atoms. The van der Waals surface area contributed by atoms with E-state index in [1.807, 2.05) is 17.0 Å². The second kappa shape index (κ2) is 9.75. The van der Waals surface area contributed by atoms with Crippen LogP contribution in [0.3, 0.4) is 0 Å². The Morgan fingerprint density at radius 1 is 1.14 bits per heavy atom. The molecule has 6 heteroatoms. The van der Waals surface area contributed by atoms with Crippen LogP contribution in [0.4, 0.5) is 0 Å². The van der Waals surface area contributed by atoms with Crippen LogP contribution in [0.5, 0.6) is 0 Å². The number of rotatable bonds is 6. The van der Waals surface area contributed by atoms with Crippen molar-refractivity contribution < 1.29 is 9.59 Å². The van der Waals surface area contributed by atoms with Gasteiger partial charge < -0.3 is 10.2 Å². The predicted octanol–water partition coefficient (Wildman–Crippen LogP) is 3.57. The van der Waals surface area contributed by atoms with E-state index in [1.165, 1.54) is 12.8 Å². The third-order valence-corrected chi connectivity index (χ3v) is 6.54. The molecule has 0 radical (unpaired) electrons. The summed E-state index contributed by atoms with van der Waals surface area (Å²) in [5.41, 5.74) is 0.555. The molecule has 1 aliphatic heterocycles. The van der Waals surface area contributed by atoms with Crippen LogP contribution < -0.4 is 5.32 Å². The molecule has 0 aromatic heterocycles. The molecule has 0 bridgehead atoms. The van der Waals surface area contributed by atoms with Gasteiger partial charge in [0.15, 0.2) is 0 Å². The summed E-state index contributed by atoms with van der Waals surface area (Å²) in [5.74, 6) is 0.564. The quantitative estimate of drug-likeness (QED) is 0.787. The van der Waals surface area contributed by atoms with Gasteiger partial charge in [0.2, 0.25) is 5.91 Å². The van der Waals surface area contributed by atoms with Gasteiger partial charge in [-0.25, -0.2) is 0 Å². The van der Waals surface area contributed by atoms with E-state index in [2.05, 4.69) is 24.1 Å². The van der Waals surface area contributed by atoms with Crippen LogP contribution in [0, 0.1) is 5.92 Å². The van der Waals surface area contributed by atoms with Crippen LogP contribution in [0.1, 0.15) is 56.3 Å². The first-order valence-corrected chi connectivity index (χ1v) is 11.0. The van der Waals surface area contributed by atoms with Gasteiger partial charge in [-0.05, 0) is 44.2 Å². The molecule has 1 saturated carbocycles. The lowest BCUT2D eigenvalue weighted by atomic mass is 9.94. The van der Waals surface area contributed by atoms with Crippen molar-refractivity contribution in [2.24, 2.45) is 5.92 Å². The maximum absolute atomic E-state index is 13.0. The van der Waals surface area contributed by atoms with Crippen LogP contribution in [0.25, 0.3) is 0 Å². The van der Waals surface area contributed by atoms with Gasteiger partial charge in [0.05, 0.1) is 16.6 Å². The highest BCUT2D eigenvalue weighted by Gasteiger charge is 2.37. The number of nitrogens with zero attached hydrogens (tertiary/aromatic N) is 2. The van der Waals surface area contributed by atoms with Crippen molar-refractivity contribution in [1.82, 2.24) is 15.1 Å². The van der Waals surface area contributed by atoms with Crippen molar-refractivity contribution in [3.05, 3.63) is 34.9 Å². The van der Waals surface area contributed by atoms with Crippen molar-refractivity contribution in [3.8, 4) is 0 Å². The SMILES string of the molecule is CC[C@@H](C)NC(=O)[C@@H](C1CCCC1)N1CCN(C(=O)c2ccccc2Cl)CC1. The summed E-state index contributed by atoms with van der Waals surface area (Å²) in [5, 5.41) is 3.68. The lowest BCUT2D eigenvalue weighted by Crippen LogP contribution is -2.58. The Bertz CT molecular complexity index is 682. The largest absolute Gasteiger partial charge is 0.352 e. The van der Waals surface area contributed by atoms with Crippen molar-refractivity contribution in [2.75, 3.05) is 26.2 Å². The van der Waals surface area contributed by atoms with Crippen LogP contribution in [0.2, 0.25) is 5.02 Å². The molecule has 1 aromatic rings. The van der Waals surface area contributed by atoms with Crippen LogP contribution in [0.15, 0.2) is 24.3 Å². The Balaban J connectivity index is 1.65. The van der Waals surface area contributed by atoms with Gasteiger partial charge in [-0.1, -0.05) is 43.5 Å². The van der Waals surface area contributed by atoms with E-state index in [4.69, 9.17) is 11.6 Å². The molecule has 2 amide bonds. The molecule has 5 nitrogen and oxygen atoms in total. The van der Waals surface area contributed by atoms with Crippen LogP contribution in [-0.4, -0.2) is 59.9 Å². The minimum atomic E-state index is -0.0749. The molecule has 2 fully saturated rings. The lowest BCUT2D eigenvalue weighted by Gasteiger charge is -2.41. The average molecular weight is 406 g/mol. The zero-order valence-corrected chi connectivity index (χ0v) is 17.8.